The number of anilines is 1. The minimum atomic E-state index is -0.233. The van der Waals surface area contributed by atoms with Crippen LogP contribution in [0.15, 0.2) is 5.38 Å². The lowest BCUT2D eigenvalue weighted by Crippen LogP contribution is -2.11. The van der Waals surface area contributed by atoms with Gasteiger partial charge < -0.3 is 0 Å². The van der Waals surface area contributed by atoms with Gasteiger partial charge in [-0.1, -0.05) is 4.49 Å². The third-order valence-corrected chi connectivity index (χ3v) is 3.67. The molecule has 0 aliphatic carbocycles. The Morgan fingerprint density at radius 3 is 3.00 bits per heavy atom. The molecule has 0 radical (unpaired) electrons. The second-order valence-corrected chi connectivity index (χ2v) is 4.80. The first-order chi connectivity index (χ1) is 7.70. The van der Waals surface area contributed by atoms with Gasteiger partial charge in [-0.3, -0.25) is 10.1 Å². The molecule has 2 aromatic rings. The Morgan fingerprint density at radius 2 is 2.44 bits per heavy atom. The summed E-state index contributed by atoms with van der Waals surface area (Å²) in [6, 6.07) is 0. The van der Waals surface area contributed by atoms with E-state index in [1.807, 2.05) is 0 Å². The molecule has 16 heavy (non-hydrogen) atoms. The van der Waals surface area contributed by atoms with Crippen molar-refractivity contribution in [3.63, 3.8) is 0 Å². The minimum Gasteiger partial charge on any atom is -0.297 e. The Morgan fingerprint density at radius 1 is 1.62 bits per heavy atom. The van der Waals surface area contributed by atoms with Crippen LogP contribution in [0.3, 0.4) is 0 Å². The molecule has 84 valence electrons. The first-order valence-electron chi connectivity index (χ1n) is 4.31. The Bertz CT molecular complexity index is 510. The highest BCUT2D eigenvalue weighted by molar-refractivity contribution is 7.14. The van der Waals surface area contributed by atoms with Crippen LogP contribution in [0.4, 0.5) is 5.13 Å². The predicted octanol–water partition coefficient (Wildman–Crippen LogP) is 2.29. The second kappa shape index (κ2) is 4.86. The molecule has 1 N–H and O–H groups in total. The monoisotopic (exact) mass is 274 g/mol. The zero-order valence-electron chi connectivity index (χ0n) is 8.23. The summed E-state index contributed by atoms with van der Waals surface area (Å²) in [4.78, 5) is 16.4. The van der Waals surface area contributed by atoms with Crippen molar-refractivity contribution in [2.75, 3.05) is 5.32 Å². The molecule has 0 saturated heterocycles. The van der Waals surface area contributed by atoms with Gasteiger partial charge in [0.05, 0.1) is 17.3 Å². The van der Waals surface area contributed by atoms with Crippen LogP contribution >= 0.6 is 34.5 Å². The molecule has 2 aromatic heterocycles. The van der Waals surface area contributed by atoms with Crippen LogP contribution in [0.1, 0.15) is 21.1 Å². The summed E-state index contributed by atoms with van der Waals surface area (Å²) >= 11 is 8.02. The Balaban J connectivity index is 2.11. The molecule has 0 spiro atoms. The number of amides is 1. The zero-order chi connectivity index (χ0) is 11.5. The van der Waals surface area contributed by atoms with Crippen molar-refractivity contribution in [3.05, 3.63) is 21.6 Å². The first-order valence-corrected chi connectivity index (χ1v) is 6.50. The van der Waals surface area contributed by atoms with Gasteiger partial charge in [0.25, 0.3) is 5.91 Å². The first kappa shape index (κ1) is 11.4. The minimum absolute atomic E-state index is 0.233. The molecule has 2 rings (SSSR count). The van der Waals surface area contributed by atoms with Gasteiger partial charge >= 0.3 is 0 Å². The molecular weight excluding hydrogens is 268 g/mol. The number of carbonyl (C=O) groups excluding carboxylic acids is 1. The maximum atomic E-state index is 11.7. The number of nitrogens with zero attached hydrogens (tertiary/aromatic N) is 3. The van der Waals surface area contributed by atoms with Gasteiger partial charge in [0.1, 0.15) is 4.88 Å². The van der Waals surface area contributed by atoms with E-state index in [0.717, 1.165) is 17.2 Å². The largest absolute Gasteiger partial charge is 0.297 e. The molecule has 0 aromatic carbocycles. The van der Waals surface area contributed by atoms with Gasteiger partial charge in [-0.15, -0.1) is 28.0 Å². The van der Waals surface area contributed by atoms with Crippen LogP contribution in [0, 0.1) is 6.92 Å². The standard InChI is InChI=1S/C8H7ClN4OS2/c1-4-6(16-13-12-4)7(14)11-8-10-5(2-9)3-15-8/h3H,2H2,1H3,(H,10,11,14). The predicted molar refractivity (Wildman–Crippen MR) is 64.3 cm³/mol. The lowest BCUT2D eigenvalue weighted by molar-refractivity contribution is 0.103. The molecule has 0 aliphatic rings. The van der Waals surface area contributed by atoms with Gasteiger partial charge in [0, 0.05) is 5.38 Å². The summed E-state index contributed by atoms with van der Waals surface area (Å²) in [6.45, 7) is 1.74. The molecule has 8 heteroatoms. The quantitative estimate of drug-likeness (QED) is 0.872. The molecule has 0 bridgehead atoms. The highest BCUT2D eigenvalue weighted by Gasteiger charge is 2.14. The van der Waals surface area contributed by atoms with Gasteiger partial charge in [-0.25, -0.2) is 4.98 Å². The molecule has 0 aliphatic heterocycles. The summed E-state index contributed by atoms with van der Waals surface area (Å²) < 4.78 is 3.70. The van der Waals surface area contributed by atoms with Crippen LogP contribution in [-0.2, 0) is 5.88 Å². The summed E-state index contributed by atoms with van der Waals surface area (Å²) in [5.74, 6) is 0.107. The third kappa shape index (κ3) is 2.37. The number of halogens is 1. The number of aromatic nitrogens is 3. The number of rotatable bonds is 3. The topological polar surface area (TPSA) is 67.8 Å². The maximum absolute atomic E-state index is 11.7. The SMILES string of the molecule is Cc1nnsc1C(=O)Nc1nc(CCl)cs1. The number of hydrogen-bond donors (Lipinski definition) is 1. The zero-order valence-corrected chi connectivity index (χ0v) is 10.6. The fourth-order valence-electron chi connectivity index (χ4n) is 1.02. The van der Waals surface area contributed by atoms with E-state index in [1.54, 1.807) is 12.3 Å². The molecular formula is C8H7ClN4OS2. The Hall–Kier alpha value is -1.05. The Labute approximate surface area is 105 Å². The normalized spacial score (nSPS) is 10.4. The summed E-state index contributed by atoms with van der Waals surface area (Å²) in [7, 11) is 0. The van der Waals surface area contributed by atoms with E-state index in [9.17, 15) is 4.79 Å². The lowest BCUT2D eigenvalue weighted by atomic mass is 10.4. The van der Waals surface area contributed by atoms with Gasteiger partial charge in [0.2, 0.25) is 0 Å². The number of thiazole rings is 1. The van der Waals surface area contributed by atoms with Gasteiger partial charge in [-0.05, 0) is 18.5 Å². The molecule has 0 atom stereocenters. The van der Waals surface area contributed by atoms with Crippen molar-refractivity contribution in [2.45, 2.75) is 12.8 Å². The van der Waals surface area contributed by atoms with Crippen LogP contribution in [-0.4, -0.2) is 20.5 Å². The summed E-state index contributed by atoms with van der Waals surface area (Å²) in [5.41, 5.74) is 1.37. The van der Waals surface area contributed by atoms with Crippen molar-refractivity contribution in [1.82, 2.24) is 14.6 Å². The molecule has 5 nitrogen and oxygen atoms in total. The smallest absolute Gasteiger partial charge is 0.271 e. The van der Waals surface area contributed by atoms with Crippen LogP contribution in [0.25, 0.3) is 0 Å². The van der Waals surface area contributed by atoms with Crippen LogP contribution in [0.2, 0.25) is 0 Å². The van der Waals surface area contributed by atoms with Crippen molar-refractivity contribution < 1.29 is 4.79 Å². The third-order valence-electron chi connectivity index (χ3n) is 1.77. The summed E-state index contributed by atoms with van der Waals surface area (Å²) in [6.07, 6.45) is 0. The number of carbonyl (C=O) groups is 1. The highest BCUT2D eigenvalue weighted by Crippen LogP contribution is 2.18. The number of hydrogen-bond acceptors (Lipinski definition) is 6. The van der Waals surface area contributed by atoms with Crippen LogP contribution in [0.5, 0.6) is 0 Å². The highest BCUT2D eigenvalue weighted by atomic mass is 35.5. The number of nitrogens with one attached hydrogen (secondary N) is 1. The Kier molecular flexibility index (Phi) is 3.47. The lowest BCUT2D eigenvalue weighted by Gasteiger charge is -1.97. The number of alkyl halides is 1. The van der Waals surface area contributed by atoms with E-state index in [4.69, 9.17) is 11.6 Å². The second-order valence-electron chi connectivity index (χ2n) is 2.92. The van der Waals surface area contributed by atoms with E-state index in [0.29, 0.717) is 21.6 Å². The molecule has 0 saturated carbocycles. The van der Waals surface area contributed by atoms with Crippen LogP contribution < -0.4 is 5.32 Å². The average molecular weight is 275 g/mol. The fourth-order valence-corrected chi connectivity index (χ4v) is 2.50. The van der Waals surface area contributed by atoms with Gasteiger partial charge in [-0.2, -0.15) is 0 Å². The summed E-state index contributed by atoms with van der Waals surface area (Å²) in [5, 5.41) is 8.79. The molecule has 0 fully saturated rings. The fraction of sp³-hybridized carbons (Fsp3) is 0.250. The van der Waals surface area contributed by atoms with E-state index in [-0.39, 0.29) is 5.91 Å². The van der Waals surface area contributed by atoms with E-state index in [2.05, 4.69) is 19.9 Å². The van der Waals surface area contributed by atoms with Gasteiger partial charge in [0.15, 0.2) is 5.13 Å². The molecule has 1 amide bonds. The number of aryl methyl sites for hydroxylation is 1. The van der Waals surface area contributed by atoms with E-state index >= 15 is 0 Å². The van der Waals surface area contributed by atoms with E-state index in [1.165, 1.54) is 11.3 Å². The molecule has 0 unspecified atom stereocenters. The van der Waals surface area contributed by atoms with Crippen molar-refractivity contribution >= 4 is 45.5 Å². The van der Waals surface area contributed by atoms with Crippen molar-refractivity contribution in [2.24, 2.45) is 0 Å². The molecule has 2 heterocycles. The maximum Gasteiger partial charge on any atom is 0.271 e. The van der Waals surface area contributed by atoms with Crippen molar-refractivity contribution in [3.8, 4) is 0 Å². The average Bonchev–Trinajstić information content (AvgIpc) is 2.86. The van der Waals surface area contributed by atoms with E-state index < -0.39 is 0 Å². The van der Waals surface area contributed by atoms with Crippen molar-refractivity contribution in [1.29, 1.82) is 0 Å².